The van der Waals surface area contributed by atoms with Crippen molar-refractivity contribution >= 4 is 28.7 Å². The summed E-state index contributed by atoms with van der Waals surface area (Å²) in [7, 11) is 0. The van der Waals surface area contributed by atoms with Gasteiger partial charge in [0.2, 0.25) is 0 Å². The fraction of sp³-hybridized carbons (Fsp3) is 0.176. The van der Waals surface area contributed by atoms with E-state index >= 15 is 0 Å². The summed E-state index contributed by atoms with van der Waals surface area (Å²) in [5, 5.41) is 17.6. The van der Waals surface area contributed by atoms with E-state index in [2.05, 4.69) is 15.8 Å². The van der Waals surface area contributed by atoms with Gasteiger partial charge in [0.15, 0.2) is 5.11 Å². The number of aryl methyl sites for hydroxylation is 2. The van der Waals surface area contributed by atoms with Crippen LogP contribution in [0.2, 0.25) is 0 Å². The van der Waals surface area contributed by atoms with Crippen molar-refractivity contribution in [2.24, 2.45) is 5.10 Å². The van der Waals surface area contributed by atoms with Crippen LogP contribution < -0.4 is 10.7 Å². The molecule has 0 radical (unpaired) electrons. The van der Waals surface area contributed by atoms with E-state index in [9.17, 15) is 5.11 Å². The van der Waals surface area contributed by atoms with Gasteiger partial charge in [0.1, 0.15) is 5.75 Å². The average Bonchev–Trinajstić information content (AvgIpc) is 2.49. The third kappa shape index (κ3) is 3.83. The van der Waals surface area contributed by atoms with Crippen molar-refractivity contribution in [2.75, 3.05) is 5.32 Å². The van der Waals surface area contributed by atoms with Gasteiger partial charge in [0, 0.05) is 11.3 Å². The van der Waals surface area contributed by atoms with Crippen LogP contribution in [0.25, 0.3) is 0 Å². The lowest BCUT2D eigenvalue weighted by atomic mass is 10.1. The molecule has 22 heavy (non-hydrogen) atoms. The lowest BCUT2D eigenvalue weighted by Gasteiger charge is -2.13. The second-order valence-electron chi connectivity index (χ2n) is 5.05. The molecule has 0 bridgehead atoms. The lowest BCUT2D eigenvalue weighted by Crippen LogP contribution is -2.25. The number of anilines is 1. The zero-order valence-corrected chi connectivity index (χ0v) is 13.7. The minimum absolute atomic E-state index is 0.194. The van der Waals surface area contributed by atoms with E-state index < -0.39 is 0 Å². The van der Waals surface area contributed by atoms with E-state index in [1.54, 1.807) is 18.2 Å². The summed E-state index contributed by atoms with van der Waals surface area (Å²) < 4.78 is 0. The van der Waals surface area contributed by atoms with Gasteiger partial charge < -0.3 is 10.4 Å². The molecule has 0 atom stereocenters. The molecule has 5 heteroatoms. The molecule has 4 nitrogen and oxygen atoms in total. The van der Waals surface area contributed by atoms with Crippen molar-refractivity contribution < 1.29 is 5.11 Å². The van der Waals surface area contributed by atoms with Crippen molar-refractivity contribution in [2.45, 2.75) is 20.8 Å². The minimum Gasteiger partial charge on any atom is -0.507 e. The van der Waals surface area contributed by atoms with Gasteiger partial charge in [0.05, 0.1) is 5.71 Å². The van der Waals surface area contributed by atoms with Crippen molar-refractivity contribution in [3.8, 4) is 5.75 Å². The molecule has 0 unspecified atom stereocenters. The highest BCUT2D eigenvalue weighted by atomic mass is 32.1. The molecule has 2 aromatic carbocycles. The maximum absolute atomic E-state index is 9.80. The van der Waals surface area contributed by atoms with Crippen molar-refractivity contribution in [3.05, 3.63) is 59.2 Å². The first-order valence-electron chi connectivity index (χ1n) is 6.95. The standard InChI is InChI=1S/C17H19N3OS/c1-11-7-6-8-12(2)16(11)18-17(22)20-19-13(3)14-9-4-5-10-15(14)21/h4-10,21H,1-3H3,(H2,18,20,22)/b19-13+. The third-order valence-corrected chi connectivity index (χ3v) is 3.53. The van der Waals surface area contributed by atoms with E-state index in [-0.39, 0.29) is 5.75 Å². The summed E-state index contributed by atoms with van der Waals surface area (Å²) in [5.41, 5.74) is 7.35. The zero-order chi connectivity index (χ0) is 16.1. The van der Waals surface area contributed by atoms with Crippen LogP contribution in [-0.2, 0) is 0 Å². The summed E-state index contributed by atoms with van der Waals surface area (Å²) in [6, 6.07) is 13.1. The van der Waals surface area contributed by atoms with Crippen molar-refractivity contribution in [3.63, 3.8) is 0 Å². The highest BCUT2D eigenvalue weighted by molar-refractivity contribution is 7.80. The predicted molar refractivity (Wildman–Crippen MR) is 95.6 cm³/mol. The van der Waals surface area contributed by atoms with Crippen molar-refractivity contribution in [1.82, 2.24) is 5.43 Å². The number of nitrogens with zero attached hydrogens (tertiary/aromatic N) is 1. The Labute approximate surface area is 135 Å². The SMILES string of the molecule is C/C(=N\NC(=S)Nc1c(C)cccc1C)c1ccccc1O. The Morgan fingerprint density at radius 3 is 2.32 bits per heavy atom. The fourth-order valence-corrected chi connectivity index (χ4v) is 2.28. The maximum atomic E-state index is 9.80. The molecule has 0 aromatic heterocycles. The summed E-state index contributed by atoms with van der Waals surface area (Å²) in [4.78, 5) is 0. The van der Waals surface area contributed by atoms with E-state index in [1.807, 2.05) is 45.0 Å². The number of hydrogen-bond acceptors (Lipinski definition) is 3. The van der Waals surface area contributed by atoms with Crippen LogP contribution in [0.4, 0.5) is 5.69 Å². The van der Waals surface area contributed by atoms with Gasteiger partial charge in [-0.05, 0) is 56.2 Å². The number of aromatic hydroxyl groups is 1. The second-order valence-corrected chi connectivity index (χ2v) is 5.46. The second kappa shape index (κ2) is 7.04. The van der Waals surface area contributed by atoms with Crippen LogP contribution in [0.5, 0.6) is 5.75 Å². The van der Waals surface area contributed by atoms with Crippen LogP contribution >= 0.6 is 12.2 Å². The summed E-state index contributed by atoms with van der Waals surface area (Å²) in [6.07, 6.45) is 0. The van der Waals surface area contributed by atoms with Gasteiger partial charge in [-0.15, -0.1) is 0 Å². The topological polar surface area (TPSA) is 56.7 Å². The third-order valence-electron chi connectivity index (χ3n) is 3.34. The Morgan fingerprint density at radius 1 is 1.05 bits per heavy atom. The van der Waals surface area contributed by atoms with Crippen LogP contribution in [-0.4, -0.2) is 15.9 Å². The van der Waals surface area contributed by atoms with E-state index in [0.29, 0.717) is 16.4 Å². The molecular formula is C17H19N3OS. The van der Waals surface area contributed by atoms with Gasteiger partial charge >= 0.3 is 0 Å². The Kier molecular flexibility index (Phi) is 5.12. The first kappa shape index (κ1) is 16.0. The van der Waals surface area contributed by atoms with E-state index in [0.717, 1.165) is 16.8 Å². The quantitative estimate of drug-likeness (QED) is 0.459. The molecule has 114 valence electrons. The molecule has 0 saturated heterocycles. The number of hydrazone groups is 1. The Bertz CT molecular complexity index is 705. The number of hydrogen-bond donors (Lipinski definition) is 3. The molecular weight excluding hydrogens is 294 g/mol. The van der Waals surface area contributed by atoms with Gasteiger partial charge in [-0.25, -0.2) is 0 Å². The van der Waals surface area contributed by atoms with E-state index in [4.69, 9.17) is 12.2 Å². The molecule has 0 fully saturated rings. The molecule has 0 aliphatic rings. The van der Waals surface area contributed by atoms with Crippen molar-refractivity contribution in [1.29, 1.82) is 0 Å². The summed E-state index contributed by atoms with van der Waals surface area (Å²) >= 11 is 5.26. The molecule has 2 rings (SSSR count). The minimum atomic E-state index is 0.194. The molecule has 2 aromatic rings. The van der Waals surface area contributed by atoms with E-state index in [1.165, 1.54) is 0 Å². The number of para-hydroxylation sites is 2. The fourth-order valence-electron chi connectivity index (χ4n) is 2.13. The largest absolute Gasteiger partial charge is 0.507 e. The van der Waals surface area contributed by atoms with Gasteiger partial charge in [-0.3, -0.25) is 5.43 Å². The number of benzene rings is 2. The average molecular weight is 313 g/mol. The lowest BCUT2D eigenvalue weighted by molar-refractivity contribution is 0.474. The Balaban J connectivity index is 2.07. The normalized spacial score (nSPS) is 11.1. The Hall–Kier alpha value is -2.40. The highest BCUT2D eigenvalue weighted by Gasteiger charge is 2.05. The van der Waals surface area contributed by atoms with Crippen LogP contribution in [0, 0.1) is 13.8 Å². The summed E-state index contributed by atoms with van der Waals surface area (Å²) in [6.45, 7) is 5.85. The molecule has 0 aliphatic heterocycles. The van der Waals surface area contributed by atoms with Gasteiger partial charge in [0.25, 0.3) is 0 Å². The number of nitrogens with one attached hydrogen (secondary N) is 2. The van der Waals surface area contributed by atoms with Crippen LogP contribution in [0.15, 0.2) is 47.6 Å². The zero-order valence-electron chi connectivity index (χ0n) is 12.8. The number of phenols is 1. The molecule has 3 N–H and O–H groups in total. The Morgan fingerprint density at radius 2 is 1.68 bits per heavy atom. The number of thiocarbonyl (C=S) groups is 1. The molecule has 0 amide bonds. The predicted octanol–water partition coefficient (Wildman–Crippen LogP) is 3.72. The molecule has 0 saturated carbocycles. The van der Waals surface area contributed by atoms with Gasteiger partial charge in [-0.1, -0.05) is 30.3 Å². The molecule has 0 heterocycles. The highest BCUT2D eigenvalue weighted by Crippen LogP contribution is 2.19. The number of rotatable bonds is 3. The number of phenolic OH excluding ortho intramolecular Hbond substituents is 1. The summed E-state index contributed by atoms with van der Waals surface area (Å²) in [5.74, 6) is 0.194. The van der Waals surface area contributed by atoms with Crippen LogP contribution in [0.1, 0.15) is 23.6 Å². The smallest absolute Gasteiger partial charge is 0.191 e. The maximum Gasteiger partial charge on any atom is 0.191 e. The first-order valence-corrected chi connectivity index (χ1v) is 7.35. The molecule has 0 spiro atoms. The first-order chi connectivity index (χ1) is 10.5. The van der Waals surface area contributed by atoms with Crippen LogP contribution in [0.3, 0.4) is 0 Å². The molecule has 0 aliphatic carbocycles. The van der Waals surface area contributed by atoms with Gasteiger partial charge in [-0.2, -0.15) is 5.10 Å². The monoisotopic (exact) mass is 313 g/mol.